The Hall–Kier alpha value is -2.68. The van der Waals surface area contributed by atoms with Crippen LogP contribution in [0.25, 0.3) is 0 Å². The van der Waals surface area contributed by atoms with Crippen LogP contribution in [-0.4, -0.2) is 37.5 Å². The summed E-state index contributed by atoms with van der Waals surface area (Å²) in [6.07, 6.45) is 0. The largest absolute Gasteiger partial charge is 0.349 e. The van der Waals surface area contributed by atoms with Crippen molar-refractivity contribution in [3.63, 3.8) is 0 Å². The zero-order valence-corrected chi connectivity index (χ0v) is 17.3. The Morgan fingerprint density at radius 3 is 2.46 bits per heavy atom. The Morgan fingerprint density at radius 1 is 1.00 bits per heavy atom. The van der Waals surface area contributed by atoms with Crippen molar-refractivity contribution < 1.29 is 9.59 Å². The van der Waals surface area contributed by atoms with Gasteiger partial charge in [-0.3, -0.25) is 10.1 Å². The highest BCUT2D eigenvalue weighted by Crippen LogP contribution is 2.24. The van der Waals surface area contributed by atoms with Gasteiger partial charge in [0.1, 0.15) is 0 Å². The van der Waals surface area contributed by atoms with E-state index >= 15 is 0 Å². The summed E-state index contributed by atoms with van der Waals surface area (Å²) < 4.78 is 0. The van der Waals surface area contributed by atoms with E-state index in [0.29, 0.717) is 22.1 Å². The Morgan fingerprint density at radius 2 is 1.79 bits per heavy atom. The first-order valence-corrected chi connectivity index (χ1v) is 10.4. The molecule has 2 heterocycles. The lowest BCUT2D eigenvalue weighted by Gasteiger charge is -2.23. The Balaban J connectivity index is 1.54. The van der Waals surface area contributed by atoms with Crippen molar-refractivity contribution in [1.82, 2.24) is 10.2 Å². The molecule has 0 radical (unpaired) electrons. The van der Waals surface area contributed by atoms with Crippen molar-refractivity contribution in [2.75, 3.05) is 31.3 Å². The number of carbonyl (C=O) groups is 2. The van der Waals surface area contributed by atoms with Crippen molar-refractivity contribution in [2.45, 2.75) is 6.04 Å². The second kappa shape index (κ2) is 9.50. The summed E-state index contributed by atoms with van der Waals surface area (Å²) >= 11 is 2.92. The van der Waals surface area contributed by atoms with E-state index in [-0.39, 0.29) is 18.0 Å². The lowest BCUT2D eigenvalue weighted by Crippen LogP contribution is -2.33. The lowest BCUT2D eigenvalue weighted by atomic mass is 10.2. The number of nitrogens with zero attached hydrogens (tertiary/aromatic N) is 1. The summed E-state index contributed by atoms with van der Waals surface area (Å²) in [6.45, 7) is 0.515. The molecule has 3 amide bonds. The molecule has 3 aromatic rings. The first-order chi connectivity index (χ1) is 13.5. The van der Waals surface area contributed by atoms with Gasteiger partial charge in [0.15, 0.2) is 0 Å². The van der Waals surface area contributed by atoms with E-state index in [1.54, 1.807) is 23.5 Å². The molecule has 0 fully saturated rings. The fraction of sp³-hybridized carbons (Fsp3) is 0.200. The number of hydrogen-bond acceptors (Lipinski definition) is 5. The van der Waals surface area contributed by atoms with E-state index in [1.165, 1.54) is 16.2 Å². The molecule has 0 aliphatic rings. The fourth-order valence-corrected chi connectivity index (χ4v) is 4.36. The van der Waals surface area contributed by atoms with Crippen LogP contribution in [0.2, 0.25) is 0 Å². The van der Waals surface area contributed by atoms with Gasteiger partial charge in [0.05, 0.1) is 15.9 Å². The lowest BCUT2D eigenvalue weighted by molar-refractivity contribution is 0.0946. The van der Waals surface area contributed by atoms with Gasteiger partial charge >= 0.3 is 6.03 Å². The van der Waals surface area contributed by atoms with Crippen LogP contribution in [0.15, 0.2) is 60.0 Å². The van der Waals surface area contributed by atoms with E-state index in [0.717, 1.165) is 0 Å². The van der Waals surface area contributed by atoms with Crippen LogP contribution < -0.4 is 16.0 Å². The molecule has 1 aromatic carbocycles. The zero-order chi connectivity index (χ0) is 19.9. The topological polar surface area (TPSA) is 73.5 Å². The fourth-order valence-electron chi connectivity index (χ4n) is 2.62. The van der Waals surface area contributed by atoms with Crippen LogP contribution >= 0.6 is 22.7 Å². The van der Waals surface area contributed by atoms with Crippen molar-refractivity contribution >= 4 is 45.3 Å². The first kappa shape index (κ1) is 20.1. The second-order valence-corrected chi connectivity index (χ2v) is 8.38. The van der Waals surface area contributed by atoms with Gasteiger partial charge in [-0.1, -0.05) is 24.3 Å². The monoisotopic (exact) mass is 414 g/mol. The first-order valence-electron chi connectivity index (χ1n) is 8.74. The van der Waals surface area contributed by atoms with Gasteiger partial charge in [0.25, 0.3) is 5.91 Å². The number of likely N-dealkylation sites (N-methyl/N-ethyl adjacent to an activating group) is 1. The van der Waals surface area contributed by atoms with Gasteiger partial charge < -0.3 is 15.5 Å². The minimum atomic E-state index is -0.342. The Kier molecular flexibility index (Phi) is 6.80. The number of carbonyl (C=O) groups excluding carboxylic acids is 2. The SMILES string of the molecule is CN(C)C(CNC(=O)c1ccc(NC(=O)Nc2ccccc2)s1)c1cccs1. The Labute approximate surface area is 172 Å². The third-order valence-corrected chi connectivity index (χ3v) is 6.02. The molecular weight excluding hydrogens is 392 g/mol. The number of urea groups is 1. The summed E-state index contributed by atoms with van der Waals surface area (Å²) in [5.41, 5.74) is 0.706. The molecule has 0 saturated heterocycles. The standard InChI is InChI=1S/C20H22N4O2S2/c1-24(2)15(16-9-6-12-27-16)13-21-19(25)17-10-11-18(28-17)23-20(26)22-14-7-4-3-5-8-14/h3-12,15H,13H2,1-2H3,(H,21,25)(H2,22,23,26). The molecule has 3 rings (SSSR count). The van der Waals surface area contributed by atoms with Crippen molar-refractivity contribution in [1.29, 1.82) is 0 Å². The maximum Gasteiger partial charge on any atom is 0.324 e. The van der Waals surface area contributed by atoms with Gasteiger partial charge in [-0.25, -0.2) is 4.79 Å². The average molecular weight is 415 g/mol. The molecule has 28 heavy (non-hydrogen) atoms. The van der Waals surface area contributed by atoms with E-state index in [1.807, 2.05) is 55.9 Å². The molecule has 0 bridgehead atoms. The Bertz CT molecular complexity index is 907. The number of nitrogens with one attached hydrogen (secondary N) is 3. The van der Waals surface area contributed by atoms with Crippen LogP contribution in [0.3, 0.4) is 0 Å². The van der Waals surface area contributed by atoms with E-state index < -0.39 is 0 Å². The van der Waals surface area contributed by atoms with Crippen molar-refractivity contribution in [3.05, 3.63) is 69.7 Å². The molecule has 2 aromatic heterocycles. The average Bonchev–Trinajstić information content (AvgIpc) is 3.34. The number of benzene rings is 1. The van der Waals surface area contributed by atoms with Crippen LogP contribution in [0.4, 0.5) is 15.5 Å². The summed E-state index contributed by atoms with van der Waals surface area (Å²) in [7, 11) is 3.99. The second-order valence-electron chi connectivity index (χ2n) is 6.31. The van der Waals surface area contributed by atoms with Crippen LogP contribution in [0.1, 0.15) is 20.6 Å². The quantitative estimate of drug-likeness (QED) is 0.533. The molecule has 146 valence electrons. The summed E-state index contributed by atoms with van der Waals surface area (Å²) in [5.74, 6) is -0.148. The number of para-hydroxylation sites is 1. The molecule has 8 heteroatoms. The smallest absolute Gasteiger partial charge is 0.324 e. The molecule has 0 saturated carbocycles. The number of rotatable bonds is 7. The summed E-state index contributed by atoms with van der Waals surface area (Å²) in [4.78, 5) is 28.4. The maximum absolute atomic E-state index is 12.5. The third-order valence-electron chi connectivity index (χ3n) is 4.05. The number of amides is 3. The van der Waals surface area contributed by atoms with Crippen LogP contribution in [0.5, 0.6) is 0 Å². The summed E-state index contributed by atoms with van der Waals surface area (Å²) in [5, 5.41) is 11.1. The molecule has 1 atom stereocenters. The van der Waals surface area contributed by atoms with Crippen molar-refractivity contribution in [3.8, 4) is 0 Å². The van der Waals surface area contributed by atoms with Gasteiger partial charge in [-0.2, -0.15) is 0 Å². The normalized spacial score (nSPS) is 11.8. The minimum Gasteiger partial charge on any atom is -0.349 e. The van der Waals surface area contributed by atoms with E-state index in [4.69, 9.17) is 0 Å². The zero-order valence-electron chi connectivity index (χ0n) is 15.6. The molecule has 0 spiro atoms. The molecule has 1 unspecified atom stereocenters. The minimum absolute atomic E-state index is 0.123. The van der Waals surface area contributed by atoms with Gasteiger partial charge in [0, 0.05) is 17.1 Å². The van der Waals surface area contributed by atoms with Gasteiger partial charge in [-0.05, 0) is 49.8 Å². The van der Waals surface area contributed by atoms with Crippen molar-refractivity contribution in [2.24, 2.45) is 0 Å². The molecule has 0 aliphatic carbocycles. The highest BCUT2D eigenvalue weighted by atomic mass is 32.1. The number of thiophene rings is 2. The highest BCUT2D eigenvalue weighted by Gasteiger charge is 2.17. The van der Waals surface area contributed by atoms with Crippen LogP contribution in [-0.2, 0) is 0 Å². The molecule has 0 aliphatic heterocycles. The molecule has 6 nitrogen and oxygen atoms in total. The summed E-state index contributed by atoms with van der Waals surface area (Å²) in [6, 6.07) is 16.5. The van der Waals surface area contributed by atoms with E-state index in [9.17, 15) is 9.59 Å². The number of hydrogen-bond donors (Lipinski definition) is 3. The number of anilines is 2. The predicted octanol–water partition coefficient (Wildman–Crippen LogP) is 4.49. The molecular formula is C20H22N4O2S2. The predicted molar refractivity (Wildman–Crippen MR) is 116 cm³/mol. The van der Waals surface area contributed by atoms with Gasteiger partial charge in [-0.15, -0.1) is 22.7 Å². The highest BCUT2D eigenvalue weighted by molar-refractivity contribution is 7.18. The third kappa shape index (κ3) is 5.41. The maximum atomic E-state index is 12.5. The molecule has 3 N–H and O–H groups in total. The van der Waals surface area contributed by atoms with E-state index in [2.05, 4.69) is 26.9 Å². The van der Waals surface area contributed by atoms with Gasteiger partial charge in [0.2, 0.25) is 0 Å². The van der Waals surface area contributed by atoms with Crippen LogP contribution in [0, 0.1) is 0 Å².